The maximum absolute atomic E-state index is 10.7. The fourth-order valence-electron chi connectivity index (χ4n) is 1.03. The van der Waals surface area contributed by atoms with Crippen molar-refractivity contribution in [3.05, 3.63) is 35.9 Å². The summed E-state index contributed by atoms with van der Waals surface area (Å²) in [4.78, 5) is 0. The highest BCUT2D eigenvalue weighted by molar-refractivity contribution is 8.20. The molecule has 0 heterocycles. The molecule has 0 unspecified atom stereocenters. The number of rotatable bonds is 3. The van der Waals surface area contributed by atoms with Crippen molar-refractivity contribution >= 4 is 27.2 Å². The van der Waals surface area contributed by atoms with E-state index >= 15 is 0 Å². The van der Waals surface area contributed by atoms with Crippen LogP contribution in [-0.4, -0.2) is 14.2 Å². The Kier molecular flexibility index (Phi) is 4.86. The van der Waals surface area contributed by atoms with Crippen LogP contribution in [0.3, 0.4) is 0 Å². The van der Waals surface area contributed by atoms with E-state index in [1.165, 1.54) is 5.56 Å². The van der Waals surface area contributed by atoms with Crippen LogP contribution in [0.5, 0.6) is 0 Å². The van der Waals surface area contributed by atoms with Crippen molar-refractivity contribution in [2.24, 2.45) is 0 Å². The molecule has 0 saturated heterocycles. The molecule has 1 nitrogen and oxygen atoms in total. The normalized spacial score (nSPS) is 9.62. The second-order valence-corrected chi connectivity index (χ2v) is 4.83. The molecular formula is C10H12OS2. The largest absolute Gasteiger partial charge is 0.212 e. The molecule has 0 atom stereocenters. The summed E-state index contributed by atoms with van der Waals surface area (Å²) in [6, 6.07) is 10.1. The van der Waals surface area contributed by atoms with E-state index in [1.54, 1.807) is 11.8 Å². The predicted octanol–water partition coefficient (Wildman–Crippen LogP) is 2.33. The Morgan fingerprint density at radius 3 is 2.54 bits per heavy atom. The number of thioether (sulfide) groups is 1. The number of hydrogen-bond donors (Lipinski definition) is 0. The molecule has 0 aliphatic carbocycles. The maximum Gasteiger partial charge on any atom is 0.0993 e. The van der Waals surface area contributed by atoms with E-state index in [2.05, 4.69) is 6.92 Å². The smallest absolute Gasteiger partial charge is 0.0993 e. The lowest BCUT2D eigenvalue weighted by atomic mass is 10.2. The van der Waals surface area contributed by atoms with Crippen molar-refractivity contribution in [2.75, 3.05) is 5.75 Å². The van der Waals surface area contributed by atoms with Crippen molar-refractivity contribution in [3.63, 3.8) is 0 Å². The lowest BCUT2D eigenvalue weighted by Gasteiger charge is -2.00. The van der Waals surface area contributed by atoms with Crippen LogP contribution < -0.4 is 0 Å². The van der Waals surface area contributed by atoms with Crippen molar-refractivity contribution in [3.8, 4) is 0 Å². The fraction of sp³-hybridized carbons (Fsp3) is 0.300. The third kappa shape index (κ3) is 3.79. The van der Waals surface area contributed by atoms with Gasteiger partial charge in [-0.15, -0.1) is 11.8 Å². The molecule has 3 heteroatoms. The molecule has 0 aromatic heterocycles. The second-order valence-electron chi connectivity index (χ2n) is 2.55. The third-order valence-electron chi connectivity index (χ3n) is 1.59. The van der Waals surface area contributed by atoms with Gasteiger partial charge in [0.1, 0.15) is 0 Å². The van der Waals surface area contributed by atoms with E-state index in [-0.39, 0.29) is 0 Å². The van der Waals surface area contributed by atoms with Crippen LogP contribution >= 0.6 is 11.8 Å². The molecular weight excluding hydrogens is 200 g/mol. The first-order valence-corrected chi connectivity index (χ1v) is 5.92. The van der Waals surface area contributed by atoms with Crippen molar-refractivity contribution in [2.45, 2.75) is 13.3 Å². The Balaban J connectivity index is 2.63. The molecule has 0 amide bonds. The molecule has 0 bridgehead atoms. The minimum absolute atomic E-state index is 0.619. The Morgan fingerprint density at radius 1 is 1.31 bits per heavy atom. The van der Waals surface area contributed by atoms with Gasteiger partial charge in [0.2, 0.25) is 0 Å². The maximum atomic E-state index is 10.7. The Labute approximate surface area is 86.6 Å². The third-order valence-corrected chi connectivity index (χ3v) is 3.23. The monoisotopic (exact) mass is 212 g/mol. The van der Waals surface area contributed by atoms with Gasteiger partial charge in [0.05, 0.1) is 15.5 Å². The lowest BCUT2D eigenvalue weighted by Crippen LogP contribution is -1.97. The highest BCUT2D eigenvalue weighted by Crippen LogP contribution is 2.08. The van der Waals surface area contributed by atoms with Crippen LogP contribution in [0.2, 0.25) is 0 Å². The first kappa shape index (κ1) is 10.5. The van der Waals surface area contributed by atoms with Gasteiger partial charge in [-0.25, -0.2) is 4.21 Å². The highest BCUT2D eigenvalue weighted by atomic mass is 32.2. The lowest BCUT2D eigenvalue weighted by molar-refractivity contribution is 0.701. The quantitative estimate of drug-likeness (QED) is 0.715. The zero-order valence-electron chi connectivity index (χ0n) is 7.53. The number of benzene rings is 1. The molecule has 1 aromatic carbocycles. The average molecular weight is 212 g/mol. The van der Waals surface area contributed by atoms with E-state index < -0.39 is 0 Å². The van der Waals surface area contributed by atoms with Crippen LogP contribution in [0.25, 0.3) is 0 Å². The van der Waals surface area contributed by atoms with Crippen LogP contribution in [0.1, 0.15) is 12.5 Å². The molecule has 0 fully saturated rings. The van der Waals surface area contributed by atoms with Gasteiger partial charge in [0, 0.05) is 6.42 Å². The van der Waals surface area contributed by atoms with Crippen LogP contribution in [0.15, 0.2) is 30.3 Å². The van der Waals surface area contributed by atoms with E-state index in [9.17, 15) is 4.21 Å². The summed E-state index contributed by atoms with van der Waals surface area (Å²) in [5.41, 5.74) is 1.21. The van der Waals surface area contributed by atoms with Crippen LogP contribution in [-0.2, 0) is 17.7 Å². The molecule has 0 spiro atoms. The van der Waals surface area contributed by atoms with E-state index in [0.29, 0.717) is 11.3 Å². The molecule has 1 rings (SSSR count). The molecule has 70 valence electrons. The minimum atomic E-state index is 0.619. The SMILES string of the molecule is CCSC(Cc1ccccc1)=S=O. The summed E-state index contributed by atoms with van der Waals surface area (Å²) in [6.45, 7) is 2.06. The van der Waals surface area contributed by atoms with E-state index in [1.807, 2.05) is 30.3 Å². The van der Waals surface area contributed by atoms with Gasteiger partial charge in [-0.05, 0) is 11.3 Å². The predicted molar refractivity (Wildman–Crippen MR) is 61.4 cm³/mol. The molecule has 1 aromatic rings. The second kappa shape index (κ2) is 6.00. The number of hydrogen-bond acceptors (Lipinski definition) is 2. The van der Waals surface area contributed by atoms with Crippen molar-refractivity contribution in [1.29, 1.82) is 0 Å². The summed E-state index contributed by atoms with van der Waals surface area (Å²) < 4.78 is 11.6. The summed E-state index contributed by atoms with van der Waals surface area (Å²) >= 11 is 2.26. The van der Waals surface area contributed by atoms with Gasteiger partial charge in [0.15, 0.2) is 0 Å². The summed E-state index contributed by atoms with van der Waals surface area (Å²) in [7, 11) is 0. The Bertz CT molecular complexity index is 302. The van der Waals surface area contributed by atoms with Crippen molar-refractivity contribution in [1.82, 2.24) is 0 Å². The van der Waals surface area contributed by atoms with Crippen LogP contribution in [0, 0.1) is 0 Å². The minimum Gasteiger partial charge on any atom is -0.212 e. The topological polar surface area (TPSA) is 17.1 Å². The first-order chi connectivity index (χ1) is 6.36. The molecule has 0 N–H and O–H groups in total. The summed E-state index contributed by atoms with van der Waals surface area (Å²) in [5.74, 6) is 0.970. The van der Waals surface area contributed by atoms with Gasteiger partial charge < -0.3 is 0 Å². The van der Waals surface area contributed by atoms with Gasteiger partial charge >= 0.3 is 0 Å². The van der Waals surface area contributed by atoms with E-state index in [4.69, 9.17) is 0 Å². The molecule has 0 radical (unpaired) electrons. The Hall–Kier alpha value is -0.540. The van der Waals surface area contributed by atoms with Crippen LogP contribution in [0.4, 0.5) is 0 Å². The zero-order chi connectivity index (χ0) is 9.52. The zero-order valence-corrected chi connectivity index (χ0v) is 9.16. The Morgan fingerprint density at radius 2 is 2.00 bits per heavy atom. The fourth-order valence-corrected chi connectivity index (χ4v) is 2.39. The van der Waals surface area contributed by atoms with Gasteiger partial charge in [-0.2, -0.15) is 0 Å². The van der Waals surface area contributed by atoms with Gasteiger partial charge in [-0.1, -0.05) is 37.3 Å². The highest BCUT2D eigenvalue weighted by Gasteiger charge is 1.99. The first-order valence-electron chi connectivity index (χ1n) is 4.19. The molecule has 0 aliphatic rings. The van der Waals surface area contributed by atoms with Gasteiger partial charge in [-0.3, -0.25) is 0 Å². The van der Waals surface area contributed by atoms with Crippen molar-refractivity contribution < 1.29 is 4.21 Å². The molecule has 13 heavy (non-hydrogen) atoms. The standard InChI is InChI=1S/C10H12OS2/c1-2-12-10(13-11)8-9-6-4-3-5-7-9/h3-7H,2,8H2,1H3. The summed E-state index contributed by atoms with van der Waals surface area (Å²) in [5, 5.41) is 0. The molecule has 0 aliphatic heterocycles. The summed E-state index contributed by atoms with van der Waals surface area (Å²) in [6.07, 6.45) is 0.785. The van der Waals surface area contributed by atoms with Gasteiger partial charge in [0.25, 0.3) is 0 Å². The molecule has 0 saturated carbocycles. The van der Waals surface area contributed by atoms with E-state index in [0.717, 1.165) is 16.4 Å². The average Bonchev–Trinajstić information content (AvgIpc) is 2.19.